The van der Waals surface area contributed by atoms with E-state index < -0.39 is 0 Å². The van der Waals surface area contributed by atoms with Gasteiger partial charge in [-0.1, -0.05) is 32.0 Å². The summed E-state index contributed by atoms with van der Waals surface area (Å²) in [6.07, 6.45) is 6.83. The topological polar surface area (TPSA) is 94.2 Å². The largest absolute Gasteiger partial charge is 0.460 e. The fourth-order valence-corrected chi connectivity index (χ4v) is 4.91. The molecule has 170 valence electrons. The summed E-state index contributed by atoms with van der Waals surface area (Å²) in [4.78, 5) is 9.49. The summed E-state index contributed by atoms with van der Waals surface area (Å²) in [7, 11) is 0. The number of nitrogens with one attached hydrogen (secondary N) is 2. The van der Waals surface area contributed by atoms with E-state index in [1.807, 2.05) is 35.3 Å². The van der Waals surface area contributed by atoms with Crippen molar-refractivity contribution >= 4 is 11.6 Å². The van der Waals surface area contributed by atoms with Gasteiger partial charge in [0.2, 0.25) is 5.95 Å². The number of nitrogens with zero attached hydrogens (tertiary/aromatic N) is 6. The first-order valence-electron chi connectivity index (χ1n) is 11.6. The quantitative estimate of drug-likeness (QED) is 0.452. The molecule has 2 unspecified atom stereocenters. The summed E-state index contributed by atoms with van der Waals surface area (Å²) in [5.74, 6) is 2.19. The highest BCUT2D eigenvalue weighted by atomic mass is 16.5. The van der Waals surface area contributed by atoms with Gasteiger partial charge in [0.1, 0.15) is 6.10 Å². The van der Waals surface area contributed by atoms with Gasteiger partial charge in [-0.2, -0.15) is 24.7 Å². The Bertz CT molecular complexity index is 1260. The van der Waals surface area contributed by atoms with Crippen LogP contribution in [0.25, 0.3) is 11.3 Å². The monoisotopic (exact) mass is 444 g/mol. The maximum Gasteiger partial charge on any atom is 0.322 e. The van der Waals surface area contributed by atoms with Crippen LogP contribution in [0.1, 0.15) is 37.3 Å². The van der Waals surface area contributed by atoms with E-state index >= 15 is 0 Å². The zero-order chi connectivity index (χ0) is 22.4. The van der Waals surface area contributed by atoms with E-state index in [4.69, 9.17) is 14.7 Å². The standard InChI is InChI=1S/C24H28N8O/c1-15(2)18-14-28-32-22(18)29-24(33-21-10-17-11-25-13-19(17)21)30-23(32)26-12-16-6-3-4-7-20(16)31-9-5-8-27-31/h3-9,14-15,17,19,21,25H,10-13H2,1-2H3,(H,26,29,30)/t17?,19?,21-/m1/s1. The van der Waals surface area contributed by atoms with Crippen LogP contribution >= 0.6 is 0 Å². The zero-order valence-electron chi connectivity index (χ0n) is 18.8. The molecule has 0 radical (unpaired) electrons. The van der Waals surface area contributed by atoms with E-state index in [9.17, 15) is 0 Å². The molecule has 0 spiro atoms. The van der Waals surface area contributed by atoms with E-state index in [1.165, 1.54) is 0 Å². The Morgan fingerprint density at radius 1 is 1.15 bits per heavy atom. The molecule has 4 heterocycles. The van der Waals surface area contributed by atoms with Crippen LogP contribution in [0.3, 0.4) is 0 Å². The Kier molecular flexibility index (Phi) is 4.98. The molecule has 9 nitrogen and oxygen atoms in total. The van der Waals surface area contributed by atoms with E-state index in [0.717, 1.165) is 47.9 Å². The third-order valence-electron chi connectivity index (χ3n) is 6.84. The highest BCUT2D eigenvalue weighted by Gasteiger charge is 2.46. The molecule has 2 aliphatic rings. The lowest BCUT2D eigenvalue weighted by molar-refractivity contribution is 0.0101. The highest BCUT2D eigenvalue weighted by molar-refractivity contribution is 5.53. The van der Waals surface area contributed by atoms with Crippen LogP contribution in [-0.4, -0.2) is 48.6 Å². The molecule has 9 heteroatoms. The first kappa shape index (κ1) is 20.2. The maximum absolute atomic E-state index is 6.29. The molecule has 4 aromatic rings. The van der Waals surface area contributed by atoms with Crippen LogP contribution in [0, 0.1) is 11.8 Å². The van der Waals surface area contributed by atoms with Crippen molar-refractivity contribution in [3.8, 4) is 11.7 Å². The second kappa shape index (κ2) is 8.15. The van der Waals surface area contributed by atoms with Crippen molar-refractivity contribution in [1.29, 1.82) is 0 Å². The predicted octanol–water partition coefficient (Wildman–Crippen LogP) is 3.03. The van der Waals surface area contributed by atoms with Crippen molar-refractivity contribution < 1.29 is 4.74 Å². The normalized spacial score (nSPS) is 21.8. The molecule has 1 aliphatic heterocycles. The molecule has 1 saturated heterocycles. The SMILES string of the molecule is CC(C)c1cnn2c(NCc3ccccc3-n3cccn3)nc(O[C@@H]3CC4CNCC43)nc12. The molecular formula is C24H28N8O. The van der Waals surface area contributed by atoms with E-state index in [-0.39, 0.29) is 6.10 Å². The second-order valence-corrected chi connectivity index (χ2v) is 9.23. The van der Waals surface area contributed by atoms with Crippen molar-refractivity contribution in [2.75, 3.05) is 18.4 Å². The van der Waals surface area contributed by atoms with E-state index in [1.54, 1.807) is 10.7 Å². The van der Waals surface area contributed by atoms with Gasteiger partial charge in [-0.3, -0.25) is 0 Å². The zero-order valence-corrected chi connectivity index (χ0v) is 18.8. The number of hydrogen-bond donors (Lipinski definition) is 2. The molecule has 2 N–H and O–H groups in total. The Labute approximate surface area is 192 Å². The summed E-state index contributed by atoms with van der Waals surface area (Å²) in [6, 6.07) is 10.5. The van der Waals surface area contributed by atoms with Gasteiger partial charge in [0.05, 0.1) is 11.9 Å². The van der Waals surface area contributed by atoms with Gasteiger partial charge in [0, 0.05) is 37.0 Å². The van der Waals surface area contributed by atoms with E-state index in [2.05, 4.69) is 46.8 Å². The third kappa shape index (κ3) is 3.62. The Morgan fingerprint density at radius 2 is 2.06 bits per heavy atom. The van der Waals surface area contributed by atoms with Crippen LogP contribution in [-0.2, 0) is 6.54 Å². The van der Waals surface area contributed by atoms with Gasteiger partial charge in [-0.15, -0.1) is 0 Å². The summed E-state index contributed by atoms with van der Waals surface area (Å²) in [5.41, 5.74) is 3.99. The molecule has 0 bridgehead atoms. The smallest absolute Gasteiger partial charge is 0.322 e. The van der Waals surface area contributed by atoms with Gasteiger partial charge in [-0.05, 0) is 42.5 Å². The lowest BCUT2D eigenvalue weighted by Gasteiger charge is -2.38. The predicted molar refractivity (Wildman–Crippen MR) is 125 cm³/mol. The molecular weight excluding hydrogens is 416 g/mol. The summed E-state index contributed by atoms with van der Waals surface area (Å²) >= 11 is 0. The average Bonchev–Trinajstić information content (AvgIpc) is 3.55. The lowest BCUT2D eigenvalue weighted by atomic mass is 9.73. The molecule has 1 aromatic carbocycles. The molecule has 1 aliphatic carbocycles. The number of rotatable bonds is 7. The minimum Gasteiger partial charge on any atom is -0.460 e. The number of anilines is 1. The molecule has 33 heavy (non-hydrogen) atoms. The summed E-state index contributed by atoms with van der Waals surface area (Å²) in [6.45, 7) is 6.96. The van der Waals surface area contributed by atoms with Crippen molar-refractivity contribution in [3.63, 3.8) is 0 Å². The minimum atomic E-state index is 0.172. The Balaban J connectivity index is 1.31. The van der Waals surface area contributed by atoms with Gasteiger partial charge in [0.25, 0.3) is 0 Å². The number of hydrogen-bond acceptors (Lipinski definition) is 7. The van der Waals surface area contributed by atoms with Gasteiger partial charge in [0.15, 0.2) is 5.65 Å². The van der Waals surface area contributed by atoms with Crippen LogP contribution in [0.15, 0.2) is 48.9 Å². The molecule has 2 fully saturated rings. The van der Waals surface area contributed by atoms with Crippen molar-refractivity contribution in [2.45, 2.75) is 38.8 Å². The van der Waals surface area contributed by atoms with Crippen molar-refractivity contribution in [2.24, 2.45) is 11.8 Å². The number of ether oxygens (including phenoxy) is 1. The van der Waals surface area contributed by atoms with Gasteiger partial charge < -0.3 is 15.4 Å². The Morgan fingerprint density at radius 3 is 2.88 bits per heavy atom. The number of fused-ring (bicyclic) bond motifs is 2. The molecule has 0 amide bonds. The molecule has 1 saturated carbocycles. The van der Waals surface area contributed by atoms with Crippen molar-refractivity contribution in [3.05, 3.63) is 60.0 Å². The first-order valence-corrected chi connectivity index (χ1v) is 11.6. The average molecular weight is 445 g/mol. The van der Waals surface area contributed by atoms with Gasteiger partial charge in [-0.25, -0.2) is 4.68 Å². The van der Waals surface area contributed by atoms with Crippen LogP contribution < -0.4 is 15.4 Å². The fraction of sp³-hybridized carbons (Fsp3) is 0.417. The third-order valence-corrected chi connectivity index (χ3v) is 6.84. The van der Waals surface area contributed by atoms with Crippen LogP contribution in [0.4, 0.5) is 5.95 Å². The minimum absolute atomic E-state index is 0.172. The highest BCUT2D eigenvalue weighted by Crippen LogP contribution is 2.39. The molecule has 6 rings (SSSR count). The van der Waals surface area contributed by atoms with Crippen LogP contribution in [0.2, 0.25) is 0 Å². The number of para-hydroxylation sites is 1. The number of aromatic nitrogens is 6. The van der Waals surface area contributed by atoms with Crippen LogP contribution in [0.5, 0.6) is 6.01 Å². The van der Waals surface area contributed by atoms with E-state index in [0.29, 0.717) is 30.3 Å². The summed E-state index contributed by atoms with van der Waals surface area (Å²) < 4.78 is 9.94. The molecule has 3 atom stereocenters. The summed E-state index contributed by atoms with van der Waals surface area (Å²) in [5, 5.41) is 15.9. The molecule has 3 aromatic heterocycles. The second-order valence-electron chi connectivity index (χ2n) is 9.23. The van der Waals surface area contributed by atoms with Gasteiger partial charge >= 0.3 is 6.01 Å². The van der Waals surface area contributed by atoms with Crippen molar-refractivity contribution in [1.82, 2.24) is 34.7 Å². The first-order chi connectivity index (χ1) is 16.2. The fourth-order valence-electron chi connectivity index (χ4n) is 4.91. The Hall–Kier alpha value is -3.46. The number of benzene rings is 1. The lowest BCUT2D eigenvalue weighted by Crippen LogP contribution is -2.44. The maximum atomic E-state index is 6.29.